The minimum absolute atomic E-state index is 0.00509. The molecule has 7 heteroatoms. The average Bonchev–Trinajstić information content (AvgIpc) is 3.10. The normalized spacial score (nSPS) is 11.9. The summed E-state index contributed by atoms with van der Waals surface area (Å²) < 4.78 is 13.3. The Morgan fingerprint density at radius 1 is 0.935 bits per heavy atom. The second kappa shape index (κ2) is 9.32. The third-order valence-corrected chi connectivity index (χ3v) is 4.70. The molecule has 1 atom stereocenters. The van der Waals surface area contributed by atoms with E-state index in [9.17, 15) is 9.90 Å². The molecule has 158 valence electrons. The molecular weight excluding hydrogens is 394 g/mol. The van der Waals surface area contributed by atoms with Crippen LogP contribution in [0.1, 0.15) is 5.82 Å². The van der Waals surface area contributed by atoms with Crippen molar-refractivity contribution in [1.29, 1.82) is 0 Å². The van der Waals surface area contributed by atoms with Gasteiger partial charge in [0.15, 0.2) is 0 Å². The van der Waals surface area contributed by atoms with Crippen molar-refractivity contribution in [3.05, 3.63) is 84.7 Å². The Bertz CT molecular complexity index is 1160. The Kier molecular flexibility index (Phi) is 6.14. The maximum Gasteiger partial charge on any atom is 0.225 e. The van der Waals surface area contributed by atoms with Gasteiger partial charge in [-0.05, 0) is 48.5 Å². The van der Waals surface area contributed by atoms with Crippen LogP contribution in [0.15, 0.2) is 78.9 Å². The number of benzene rings is 3. The number of carbonyl (C=O) groups excluding carboxylic acids is 1. The molecule has 1 amide bonds. The molecule has 0 spiro atoms. The van der Waals surface area contributed by atoms with Gasteiger partial charge in [-0.25, -0.2) is 4.98 Å². The van der Waals surface area contributed by atoms with Gasteiger partial charge in [0.05, 0.1) is 24.0 Å². The number of hydrogen-bond acceptors (Lipinski definition) is 5. The summed E-state index contributed by atoms with van der Waals surface area (Å²) in [5, 5.41) is 10.5. The third kappa shape index (κ3) is 5.21. The highest BCUT2D eigenvalue weighted by Gasteiger charge is 2.16. The van der Waals surface area contributed by atoms with Gasteiger partial charge in [0, 0.05) is 0 Å². The van der Waals surface area contributed by atoms with Gasteiger partial charge in [-0.3, -0.25) is 4.79 Å². The predicted molar refractivity (Wildman–Crippen MR) is 117 cm³/mol. The van der Waals surface area contributed by atoms with Gasteiger partial charge in [-0.2, -0.15) is 0 Å². The fourth-order valence-electron chi connectivity index (χ4n) is 3.30. The molecule has 0 saturated carbocycles. The predicted octanol–water partition coefficient (Wildman–Crippen LogP) is 3.30. The largest absolute Gasteiger partial charge is 0.491 e. The molecule has 7 nitrogen and oxygen atoms in total. The van der Waals surface area contributed by atoms with Crippen molar-refractivity contribution in [2.24, 2.45) is 5.73 Å². The number of aliphatic hydroxyl groups is 1. The van der Waals surface area contributed by atoms with Crippen molar-refractivity contribution in [3.63, 3.8) is 0 Å². The molecular formula is C24H23N3O4. The second-order valence-corrected chi connectivity index (χ2v) is 7.12. The van der Waals surface area contributed by atoms with Gasteiger partial charge < -0.3 is 24.9 Å². The Balaban J connectivity index is 1.38. The monoisotopic (exact) mass is 417 g/mol. The topological polar surface area (TPSA) is 99.6 Å². The number of para-hydroxylation sites is 3. The number of carbonyl (C=O) groups is 1. The minimum Gasteiger partial charge on any atom is -0.491 e. The number of nitrogens with zero attached hydrogens (tertiary/aromatic N) is 2. The van der Waals surface area contributed by atoms with Crippen LogP contribution in [-0.4, -0.2) is 33.3 Å². The number of primary amides is 1. The van der Waals surface area contributed by atoms with Crippen LogP contribution < -0.4 is 15.2 Å². The zero-order chi connectivity index (χ0) is 21.6. The summed E-state index contributed by atoms with van der Waals surface area (Å²) in [6.07, 6.45) is -0.796. The van der Waals surface area contributed by atoms with E-state index in [0.29, 0.717) is 17.3 Å². The van der Waals surface area contributed by atoms with Gasteiger partial charge in [-0.1, -0.05) is 30.3 Å². The van der Waals surface area contributed by atoms with Crippen LogP contribution >= 0.6 is 0 Å². The summed E-state index contributed by atoms with van der Waals surface area (Å²) in [4.78, 5) is 15.9. The standard InChI is InChI=1S/C24H23N3O4/c25-23(29)14-24-26-21-8-4-5-9-22(21)27(24)15-17(28)16-30-18-10-12-20(13-11-18)31-19-6-2-1-3-7-19/h1-13,17,28H,14-16H2,(H2,25,29). The summed E-state index contributed by atoms with van der Waals surface area (Å²) >= 11 is 0. The molecule has 0 aliphatic heterocycles. The SMILES string of the molecule is NC(=O)Cc1nc2ccccc2n1CC(O)COc1ccc(Oc2ccccc2)cc1. The van der Waals surface area contributed by atoms with Crippen molar-refractivity contribution in [2.75, 3.05) is 6.61 Å². The maximum atomic E-state index is 11.4. The highest BCUT2D eigenvalue weighted by molar-refractivity contribution is 5.80. The van der Waals surface area contributed by atoms with Gasteiger partial charge >= 0.3 is 0 Å². The fraction of sp³-hybridized carbons (Fsp3) is 0.167. The summed E-state index contributed by atoms with van der Waals surface area (Å²) in [5.74, 6) is 2.12. The van der Waals surface area contributed by atoms with E-state index < -0.39 is 12.0 Å². The van der Waals surface area contributed by atoms with Crippen molar-refractivity contribution in [1.82, 2.24) is 9.55 Å². The Morgan fingerprint density at radius 2 is 1.58 bits per heavy atom. The molecule has 1 heterocycles. The van der Waals surface area contributed by atoms with Gasteiger partial charge in [0.25, 0.3) is 0 Å². The summed E-state index contributed by atoms with van der Waals surface area (Å²) in [5.41, 5.74) is 6.94. The zero-order valence-corrected chi connectivity index (χ0v) is 16.8. The average molecular weight is 417 g/mol. The molecule has 1 aromatic heterocycles. The zero-order valence-electron chi connectivity index (χ0n) is 16.8. The number of aliphatic hydroxyl groups excluding tert-OH is 1. The number of imidazole rings is 1. The summed E-state index contributed by atoms with van der Waals surface area (Å²) in [6, 6.07) is 24.2. The molecule has 1 unspecified atom stereocenters. The van der Waals surface area contributed by atoms with Crippen LogP contribution in [-0.2, 0) is 17.8 Å². The quantitative estimate of drug-likeness (QED) is 0.435. The van der Waals surface area contributed by atoms with Crippen LogP contribution in [0.3, 0.4) is 0 Å². The Morgan fingerprint density at radius 3 is 2.32 bits per heavy atom. The first-order valence-corrected chi connectivity index (χ1v) is 9.95. The number of hydrogen-bond donors (Lipinski definition) is 2. The molecule has 0 fully saturated rings. The summed E-state index contributed by atoms with van der Waals surface area (Å²) in [7, 11) is 0. The molecule has 31 heavy (non-hydrogen) atoms. The molecule has 4 rings (SSSR count). The number of rotatable bonds is 9. The van der Waals surface area contributed by atoms with Gasteiger partial charge in [-0.15, -0.1) is 0 Å². The number of nitrogens with two attached hydrogens (primary N) is 1. The second-order valence-electron chi connectivity index (χ2n) is 7.12. The summed E-state index contributed by atoms with van der Waals surface area (Å²) in [6.45, 7) is 0.319. The van der Waals surface area contributed by atoms with E-state index in [2.05, 4.69) is 4.98 Å². The lowest BCUT2D eigenvalue weighted by Crippen LogP contribution is -2.26. The number of amides is 1. The molecule has 0 aliphatic rings. The maximum absolute atomic E-state index is 11.4. The van der Waals surface area contributed by atoms with Crippen LogP contribution in [0.4, 0.5) is 0 Å². The third-order valence-electron chi connectivity index (χ3n) is 4.70. The van der Waals surface area contributed by atoms with E-state index in [1.807, 2.05) is 71.3 Å². The van der Waals surface area contributed by atoms with E-state index in [0.717, 1.165) is 16.8 Å². The molecule has 0 radical (unpaired) electrons. The van der Waals surface area contributed by atoms with Crippen molar-refractivity contribution < 1.29 is 19.4 Å². The van der Waals surface area contributed by atoms with Crippen LogP contribution in [0.25, 0.3) is 11.0 Å². The van der Waals surface area contributed by atoms with E-state index in [1.165, 1.54) is 0 Å². The van der Waals surface area contributed by atoms with Crippen molar-refractivity contribution >= 4 is 16.9 Å². The number of aromatic nitrogens is 2. The van der Waals surface area contributed by atoms with Crippen LogP contribution in [0, 0.1) is 0 Å². The van der Waals surface area contributed by atoms with E-state index in [4.69, 9.17) is 15.2 Å². The van der Waals surface area contributed by atoms with Gasteiger partial charge in [0.2, 0.25) is 5.91 Å². The lowest BCUT2D eigenvalue weighted by molar-refractivity contribution is -0.117. The Labute approximate surface area is 179 Å². The number of ether oxygens (including phenoxy) is 2. The molecule has 0 bridgehead atoms. The van der Waals surface area contributed by atoms with E-state index >= 15 is 0 Å². The fourth-order valence-corrected chi connectivity index (χ4v) is 3.30. The lowest BCUT2D eigenvalue weighted by atomic mass is 10.3. The van der Waals surface area contributed by atoms with E-state index in [1.54, 1.807) is 12.1 Å². The number of fused-ring (bicyclic) bond motifs is 1. The molecule has 0 aliphatic carbocycles. The first kappa shape index (κ1) is 20.4. The van der Waals surface area contributed by atoms with Gasteiger partial charge in [0.1, 0.15) is 35.8 Å². The molecule has 4 aromatic rings. The minimum atomic E-state index is -0.801. The highest BCUT2D eigenvalue weighted by atomic mass is 16.5. The first-order valence-electron chi connectivity index (χ1n) is 9.95. The molecule has 3 aromatic carbocycles. The highest BCUT2D eigenvalue weighted by Crippen LogP contribution is 2.24. The molecule has 0 saturated heterocycles. The van der Waals surface area contributed by atoms with Crippen LogP contribution in [0.5, 0.6) is 17.2 Å². The van der Waals surface area contributed by atoms with E-state index in [-0.39, 0.29) is 19.6 Å². The Hall–Kier alpha value is -3.84. The van der Waals surface area contributed by atoms with Crippen molar-refractivity contribution in [2.45, 2.75) is 19.1 Å². The molecule has 3 N–H and O–H groups in total. The lowest BCUT2D eigenvalue weighted by Gasteiger charge is -2.15. The smallest absolute Gasteiger partial charge is 0.225 e. The van der Waals surface area contributed by atoms with Crippen molar-refractivity contribution in [3.8, 4) is 17.2 Å². The first-order chi connectivity index (χ1) is 15.1. The van der Waals surface area contributed by atoms with Crippen LogP contribution in [0.2, 0.25) is 0 Å².